The van der Waals surface area contributed by atoms with Crippen molar-refractivity contribution in [3.8, 4) is 0 Å². The van der Waals surface area contributed by atoms with E-state index in [4.69, 9.17) is 0 Å². The summed E-state index contributed by atoms with van der Waals surface area (Å²) in [7, 11) is 2.00. The Morgan fingerprint density at radius 2 is 2.12 bits per heavy atom. The molecule has 94 valence electrons. The van der Waals surface area contributed by atoms with Gasteiger partial charge in [0, 0.05) is 23.8 Å². The summed E-state index contributed by atoms with van der Waals surface area (Å²) < 4.78 is 2.43. The van der Waals surface area contributed by atoms with Gasteiger partial charge in [0.25, 0.3) is 0 Å². The van der Waals surface area contributed by atoms with Crippen LogP contribution >= 0.6 is 11.8 Å². The van der Waals surface area contributed by atoms with Gasteiger partial charge in [-0.05, 0) is 32.7 Å². The Hall–Kier alpha value is -0.550. The lowest BCUT2D eigenvalue weighted by atomic mass is 10.4. The minimum absolute atomic E-state index is 0.550. The number of hydrogen-bond acceptors (Lipinski definition) is 4. The second kappa shape index (κ2) is 4.61. The Kier molecular flexibility index (Phi) is 3.13. The van der Waals surface area contributed by atoms with Crippen LogP contribution in [0, 0.1) is 0 Å². The molecular formula is C12H20N4S. The molecule has 0 aromatic carbocycles. The predicted molar refractivity (Wildman–Crippen MR) is 69.5 cm³/mol. The summed E-state index contributed by atoms with van der Waals surface area (Å²) >= 11 is 1.86. The average molecular weight is 252 g/mol. The van der Waals surface area contributed by atoms with Crippen molar-refractivity contribution in [1.82, 2.24) is 20.1 Å². The van der Waals surface area contributed by atoms with Crippen molar-refractivity contribution in [2.45, 2.75) is 55.0 Å². The number of aromatic nitrogens is 3. The Morgan fingerprint density at radius 1 is 1.35 bits per heavy atom. The molecule has 2 aliphatic rings. The summed E-state index contributed by atoms with van der Waals surface area (Å²) in [6.45, 7) is 3.25. The third kappa shape index (κ3) is 2.50. The fourth-order valence-electron chi connectivity index (χ4n) is 2.17. The van der Waals surface area contributed by atoms with E-state index in [0.29, 0.717) is 17.2 Å². The molecule has 17 heavy (non-hydrogen) atoms. The van der Waals surface area contributed by atoms with E-state index in [9.17, 15) is 0 Å². The molecule has 2 fully saturated rings. The SMILES string of the molecule is CNCC(C)Sc1nnc(C2CC2)n1C1CC1. The molecule has 2 aliphatic carbocycles. The first-order valence-electron chi connectivity index (χ1n) is 6.55. The third-order valence-corrected chi connectivity index (χ3v) is 4.40. The van der Waals surface area contributed by atoms with Crippen LogP contribution in [0.4, 0.5) is 0 Å². The molecular weight excluding hydrogens is 232 g/mol. The van der Waals surface area contributed by atoms with Gasteiger partial charge in [-0.1, -0.05) is 18.7 Å². The lowest BCUT2D eigenvalue weighted by Gasteiger charge is -2.12. The van der Waals surface area contributed by atoms with E-state index in [-0.39, 0.29) is 0 Å². The average Bonchev–Trinajstić information content (AvgIpc) is 3.19. The first-order valence-corrected chi connectivity index (χ1v) is 7.43. The van der Waals surface area contributed by atoms with Crippen LogP contribution in [0.2, 0.25) is 0 Å². The molecule has 0 saturated heterocycles. The molecule has 3 rings (SSSR count). The summed E-state index contributed by atoms with van der Waals surface area (Å²) in [5.74, 6) is 1.96. The van der Waals surface area contributed by atoms with Crippen molar-refractivity contribution in [2.75, 3.05) is 13.6 Å². The van der Waals surface area contributed by atoms with Gasteiger partial charge < -0.3 is 9.88 Å². The zero-order chi connectivity index (χ0) is 11.8. The van der Waals surface area contributed by atoms with Gasteiger partial charge in [0.1, 0.15) is 5.82 Å². The predicted octanol–water partition coefficient (Wildman–Crippen LogP) is 2.19. The quantitative estimate of drug-likeness (QED) is 0.788. The largest absolute Gasteiger partial charge is 0.319 e. The molecule has 0 aliphatic heterocycles. The molecule has 1 aromatic heterocycles. The first-order chi connectivity index (χ1) is 8.29. The first kappa shape index (κ1) is 11.5. The fourth-order valence-corrected chi connectivity index (χ4v) is 3.23. The number of hydrogen-bond donors (Lipinski definition) is 1. The van der Waals surface area contributed by atoms with Gasteiger partial charge in [-0.3, -0.25) is 0 Å². The van der Waals surface area contributed by atoms with Crippen LogP contribution < -0.4 is 5.32 Å². The van der Waals surface area contributed by atoms with Crippen LogP contribution in [0.15, 0.2) is 5.16 Å². The van der Waals surface area contributed by atoms with Crippen molar-refractivity contribution in [2.24, 2.45) is 0 Å². The van der Waals surface area contributed by atoms with Gasteiger partial charge in [-0.2, -0.15) is 0 Å². The maximum absolute atomic E-state index is 4.42. The highest BCUT2D eigenvalue weighted by molar-refractivity contribution is 7.99. The van der Waals surface area contributed by atoms with Crippen LogP contribution in [0.1, 0.15) is 50.4 Å². The number of nitrogens with zero attached hydrogens (tertiary/aromatic N) is 3. The zero-order valence-electron chi connectivity index (χ0n) is 10.5. The molecule has 0 amide bonds. The molecule has 1 unspecified atom stereocenters. The Labute approximate surface area is 107 Å². The Balaban J connectivity index is 1.78. The van der Waals surface area contributed by atoms with Crippen molar-refractivity contribution < 1.29 is 0 Å². The van der Waals surface area contributed by atoms with Crippen molar-refractivity contribution in [3.05, 3.63) is 5.82 Å². The normalized spacial score (nSPS) is 21.8. The van der Waals surface area contributed by atoms with E-state index in [2.05, 4.69) is 27.0 Å². The second-order valence-corrected chi connectivity index (χ2v) is 6.61. The molecule has 1 atom stereocenters. The molecule has 1 N–H and O–H groups in total. The molecule has 4 nitrogen and oxygen atoms in total. The molecule has 1 heterocycles. The summed E-state index contributed by atoms with van der Waals surface area (Å²) in [6.07, 6.45) is 5.24. The third-order valence-electron chi connectivity index (χ3n) is 3.34. The van der Waals surface area contributed by atoms with E-state index in [1.807, 2.05) is 18.8 Å². The van der Waals surface area contributed by atoms with Crippen molar-refractivity contribution >= 4 is 11.8 Å². The summed E-state index contributed by atoms with van der Waals surface area (Å²) in [5, 5.41) is 13.7. The molecule has 5 heteroatoms. The van der Waals surface area contributed by atoms with E-state index in [1.165, 1.54) is 31.5 Å². The fraction of sp³-hybridized carbons (Fsp3) is 0.833. The smallest absolute Gasteiger partial charge is 0.191 e. The van der Waals surface area contributed by atoms with Crippen LogP contribution in [0.5, 0.6) is 0 Å². The summed E-state index contributed by atoms with van der Waals surface area (Å²) in [6, 6.07) is 0.699. The van der Waals surface area contributed by atoms with E-state index in [0.717, 1.165) is 11.7 Å². The van der Waals surface area contributed by atoms with Gasteiger partial charge in [0.2, 0.25) is 0 Å². The summed E-state index contributed by atoms with van der Waals surface area (Å²) in [5.41, 5.74) is 0. The van der Waals surface area contributed by atoms with Gasteiger partial charge in [0.05, 0.1) is 0 Å². The molecule has 0 spiro atoms. The lowest BCUT2D eigenvalue weighted by Crippen LogP contribution is -2.18. The minimum atomic E-state index is 0.550. The highest BCUT2D eigenvalue weighted by Gasteiger charge is 2.36. The molecule has 2 saturated carbocycles. The topological polar surface area (TPSA) is 42.7 Å². The standard InChI is InChI=1S/C12H20N4S/c1-8(7-13-2)17-12-15-14-11(9-3-4-9)16(12)10-5-6-10/h8-10,13H,3-7H2,1-2H3. The van der Waals surface area contributed by atoms with E-state index in [1.54, 1.807) is 0 Å². The van der Waals surface area contributed by atoms with Gasteiger partial charge >= 0.3 is 0 Å². The Bertz CT molecular complexity index is 395. The second-order valence-electron chi connectivity index (χ2n) is 5.20. The number of nitrogens with one attached hydrogen (secondary N) is 1. The minimum Gasteiger partial charge on any atom is -0.319 e. The van der Waals surface area contributed by atoms with Crippen LogP contribution in [0.3, 0.4) is 0 Å². The van der Waals surface area contributed by atoms with Gasteiger partial charge in [-0.15, -0.1) is 10.2 Å². The van der Waals surface area contributed by atoms with Gasteiger partial charge in [0.15, 0.2) is 5.16 Å². The van der Waals surface area contributed by atoms with E-state index >= 15 is 0 Å². The highest BCUT2D eigenvalue weighted by atomic mass is 32.2. The molecule has 0 radical (unpaired) electrons. The van der Waals surface area contributed by atoms with Crippen molar-refractivity contribution in [3.63, 3.8) is 0 Å². The number of thioether (sulfide) groups is 1. The number of rotatable bonds is 6. The van der Waals surface area contributed by atoms with Crippen LogP contribution in [-0.4, -0.2) is 33.6 Å². The van der Waals surface area contributed by atoms with Crippen LogP contribution in [-0.2, 0) is 0 Å². The zero-order valence-corrected chi connectivity index (χ0v) is 11.3. The molecule has 1 aromatic rings. The maximum atomic E-state index is 4.42. The van der Waals surface area contributed by atoms with E-state index < -0.39 is 0 Å². The van der Waals surface area contributed by atoms with Crippen molar-refractivity contribution in [1.29, 1.82) is 0 Å². The molecule has 0 bridgehead atoms. The Morgan fingerprint density at radius 3 is 2.71 bits per heavy atom. The maximum Gasteiger partial charge on any atom is 0.191 e. The monoisotopic (exact) mass is 252 g/mol. The summed E-state index contributed by atoms with van der Waals surface area (Å²) in [4.78, 5) is 0. The highest BCUT2D eigenvalue weighted by Crippen LogP contribution is 2.46. The van der Waals surface area contributed by atoms with Crippen LogP contribution in [0.25, 0.3) is 0 Å². The van der Waals surface area contributed by atoms with Gasteiger partial charge in [-0.25, -0.2) is 0 Å². The lowest BCUT2D eigenvalue weighted by molar-refractivity contribution is 0.625.